The van der Waals surface area contributed by atoms with E-state index in [1.165, 1.54) is 0 Å². The molecule has 0 radical (unpaired) electrons. The summed E-state index contributed by atoms with van der Waals surface area (Å²) in [6, 6.07) is 13.5. The van der Waals surface area contributed by atoms with Crippen LogP contribution in [-0.4, -0.2) is 55.1 Å². The molecule has 0 aliphatic carbocycles. The number of benzene rings is 2. The predicted molar refractivity (Wildman–Crippen MR) is 115 cm³/mol. The molecule has 1 heterocycles. The molecule has 1 aliphatic heterocycles. The lowest BCUT2D eigenvalue weighted by atomic mass is 10.2. The highest BCUT2D eigenvalue weighted by Crippen LogP contribution is 2.20. The molecule has 9 heteroatoms. The van der Waals surface area contributed by atoms with E-state index >= 15 is 0 Å². The van der Waals surface area contributed by atoms with Gasteiger partial charge in [0.2, 0.25) is 0 Å². The number of rotatable bonds is 7. The maximum atomic E-state index is 11.9. The molecule has 1 saturated heterocycles. The van der Waals surface area contributed by atoms with Crippen molar-refractivity contribution in [2.24, 2.45) is 0 Å². The van der Waals surface area contributed by atoms with Gasteiger partial charge in [-0.1, -0.05) is 17.7 Å². The standard InChI is InChI=1S/C20H24ClN5O3/c21-16-3-1-4-17(15-16)23-20(27)22-9-2-10-24-11-13-25(14-12-24)18-5-7-19(8-6-18)26(28)29/h1,3-8,15H,2,9-14H2,(H2,22,23,27). The summed E-state index contributed by atoms with van der Waals surface area (Å²) < 4.78 is 0. The number of carbonyl (C=O) groups excluding carboxylic acids is 1. The van der Waals surface area contributed by atoms with E-state index in [0.717, 1.165) is 44.8 Å². The number of hydrogen-bond acceptors (Lipinski definition) is 5. The quantitative estimate of drug-likeness (QED) is 0.408. The number of urea groups is 1. The number of hydrogen-bond donors (Lipinski definition) is 2. The zero-order valence-corrected chi connectivity index (χ0v) is 16.8. The van der Waals surface area contributed by atoms with Gasteiger partial charge in [-0.2, -0.15) is 0 Å². The van der Waals surface area contributed by atoms with Gasteiger partial charge in [-0.15, -0.1) is 0 Å². The second kappa shape index (κ2) is 10.1. The van der Waals surface area contributed by atoms with E-state index in [4.69, 9.17) is 11.6 Å². The molecule has 2 aromatic rings. The van der Waals surface area contributed by atoms with Crippen molar-refractivity contribution in [1.29, 1.82) is 0 Å². The maximum Gasteiger partial charge on any atom is 0.319 e. The number of carbonyl (C=O) groups is 1. The fourth-order valence-corrected chi connectivity index (χ4v) is 3.45. The number of non-ortho nitro benzene ring substituents is 1. The van der Waals surface area contributed by atoms with Crippen molar-refractivity contribution < 1.29 is 9.72 Å². The summed E-state index contributed by atoms with van der Waals surface area (Å²) in [7, 11) is 0. The molecule has 1 aliphatic rings. The van der Waals surface area contributed by atoms with E-state index in [2.05, 4.69) is 20.4 Å². The molecule has 0 spiro atoms. The van der Waals surface area contributed by atoms with E-state index in [9.17, 15) is 14.9 Å². The lowest BCUT2D eigenvalue weighted by Crippen LogP contribution is -2.47. The summed E-state index contributed by atoms with van der Waals surface area (Å²) >= 11 is 5.90. The SMILES string of the molecule is O=C(NCCCN1CCN(c2ccc([N+](=O)[O-])cc2)CC1)Nc1cccc(Cl)c1. The molecular formula is C20H24ClN5O3. The van der Waals surface area contributed by atoms with Crippen LogP contribution in [0, 0.1) is 10.1 Å². The van der Waals surface area contributed by atoms with Crippen LogP contribution >= 0.6 is 11.6 Å². The highest BCUT2D eigenvalue weighted by Gasteiger charge is 2.17. The molecule has 3 rings (SSSR count). The van der Waals surface area contributed by atoms with Gasteiger partial charge >= 0.3 is 6.03 Å². The van der Waals surface area contributed by atoms with Gasteiger partial charge in [0.1, 0.15) is 0 Å². The van der Waals surface area contributed by atoms with Crippen molar-refractivity contribution in [3.8, 4) is 0 Å². The fraction of sp³-hybridized carbons (Fsp3) is 0.350. The fourth-order valence-electron chi connectivity index (χ4n) is 3.26. The zero-order chi connectivity index (χ0) is 20.6. The van der Waals surface area contributed by atoms with Gasteiger partial charge in [0.05, 0.1) is 4.92 Å². The molecule has 0 bridgehead atoms. The Morgan fingerprint density at radius 1 is 1.10 bits per heavy atom. The Morgan fingerprint density at radius 2 is 1.83 bits per heavy atom. The minimum Gasteiger partial charge on any atom is -0.369 e. The molecule has 0 atom stereocenters. The minimum atomic E-state index is -0.384. The number of piperazine rings is 1. The summed E-state index contributed by atoms with van der Waals surface area (Å²) in [5, 5.41) is 16.9. The Morgan fingerprint density at radius 3 is 2.48 bits per heavy atom. The first-order chi connectivity index (χ1) is 14.0. The second-order valence-electron chi connectivity index (χ2n) is 6.85. The van der Waals surface area contributed by atoms with Gasteiger partial charge in [0.25, 0.3) is 5.69 Å². The smallest absolute Gasteiger partial charge is 0.319 e. The monoisotopic (exact) mass is 417 g/mol. The number of anilines is 2. The van der Waals surface area contributed by atoms with Crippen LogP contribution in [0.3, 0.4) is 0 Å². The number of halogens is 1. The number of nitro benzene ring substituents is 1. The third-order valence-corrected chi connectivity index (χ3v) is 5.05. The average Bonchev–Trinajstić information content (AvgIpc) is 2.72. The Hall–Kier alpha value is -2.84. The average molecular weight is 418 g/mol. The summed E-state index contributed by atoms with van der Waals surface area (Å²) in [5.74, 6) is 0. The van der Waals surface area contributed by atoms with E-state index in [1.807, 2.05) is 0 Å². The predicted octanol–water partition coefficient (Wildman–Crippen LogP) is 3.58. The van der Waals surface area contributed by atoms with Crippen molar-refractivity contribution in [2.75, 3.05) is 49.5 Å². The van der Waals surface area contributed by atoms with Crippen molar-refractivity contribution in [3.63, 3.8) is 0 Å². The largest absolute Gasteiger partial charge is 0.369 e. The molecule has 0 aromatic heterocycles. The van der Waals surface area contributed by atoms with E-state index in [0.29, 0.717) is 17.3 Å². The van der Waals surface area contributed by atoms with Crippen LogP contribution < -0.4 is 15.5 Å². The van der Waals surface area contributed by atoms with Crippen LogP contribution in [0.4, 0.5) is 21.9 Å². The Bertz CT molecular complexity index is 838. The van der Waals surface area contributed by atoms with Crippen LogP contribution in [-0.2, 0) is 0 Å². The van der Waals surface area contributed by atoms with Crippen LogP contribution in [0.5, 0.6) is 0 Å². The molecule has 0 saturated carbocycles. The zero-order valence-electron chi connectivity index (χ0n) is 16.0. The first-order valence-corrected chi connectivity index (χ1v) is 9.91. The van der Waals surface area contributed by atoms with Crippen molar-refractivity contribution in [2.45, 2.75) is 6.42 Å². The summed E-state index contributed by atoms with van der Waals surface area (Å²) in [6.45, 7) is 5.10. The highest BCUT2D eigenvalue weighted by atomic mass is 35.5. The van der Waals surface area contributed by atoms with Gasteiger partial charge in [-0.05, 0) is 43.3 Å². The third kappa shape index (κ3) is 6.33. The molecule has 154 valence electrons. The second-order valence-corrected chi connectivity index (χ2v) is 7.28. The first kappa shape index (κ1) is 20.9. The molecule has 2 aromatic carbocycles. The van der Waals surface area contributed by atoms with Crippen LogP contribution in [0.15, 0.2) is 48.5 Å². The molecular weight excluding hydrogens is 394 g/mol. The van der Waals surface area contributed by atoms with E-state index in [-0.39, 0.29) is 16.6 Å². The third-order valence-electron chi connectivity index (χ3n) is 4.82. The Kier molecular flexibility index (Phi) is 7.26. The van der Waals surface area contributed by atoms with Crippen LogP contribution in [0.25, 0.3) is 0 Å². The Balaban J connectivity index is 1.32. The Labute approximate surface area is 174 Å². The van der Waals surface area contributed by atoms with Gasteiger partial charge in [-0.3, -0.25) is 15.0 Å². The lowest BCUT2D eigenvalue weighted by molar-refractivity contribution is -0.384. The summed E-state index contributed by atoms with van der Waals surface area (Å²) in [6.07, 6.45) is 0.862. The van der Waals surface area contributed by atoms with Crippen LogP contribution in [0.1, 0.15) is 6.42 Å². The number of nitrogens with zero attached hydrogens (tertiary/aromatic N) is 3. The molecule has 8 nitrogen and oxygen atoms in total. The number of amides is 2. The van der Waals surface area contributed by atoms with Gasteiger partial charge in [0, 0.05) is 61.3 Å². The molecule has 1 fully saturated rings. The summed E-state index contributed by atoms with van der Waals surface area (Å²) in [4.78, 5) is 26.9. The van der Waals surface area contributed by atoms with Crippen LogP contribution in [0.2, 0.25) is 5.02 Å². The summed E-state index contributed by atoms with van der Waals surface area (Å²) in [5.41, 5.74) is 1.78. The maximum absolute atomic E-state index is 11.9. The minimum absolute atomic E-state index is 0.110. The van der Waals surface area contributed by atoms with Crippen molar-refractivity contribution in [1.82, 2.24) is 10.2 Å². The normalized spacial score (nSPS) is 14.4. The topological polar surface area (TPSA) is 90.8 Å². The number of nitrogens with one attached hydrogen (secondary N) is 2. The van der Waals surface area contributed by atoms with Crippen molar-refractivity contribution >= 4 is 34.7 Å². The van der Waals surface area contributed by atoms with Crippen molar-refractivity contribution in [3.05, 3.63) is 63.7 Å². The number of nitro groups is 1. The van der Waals surface area contributed by atoms with E-state index < -0.39 is 0 Å². The molecule has 2 amide bonds. The van der Waals surface area contributed by atoms with Gasteiger partial charge in [-0.25, -0.2) is 4.79 Å². The molecule has 29 heavy (non-hydrogen) atoms. The van der Waals surface area contributed by atoms with Gasteiger partial charge < -0.3 is 15.5 Å². The van der Waals surface area contributed by atoms with E-state index in [1.54, 1.807) is 48.5 Å². The van der Waals surface area contributed by atoms with Gasteiger partial charge in [0.15, 0.2) is 0 Å². The lowest BCUT2D eigenvalue weighted by Gasteiger charge is -2.36. The molecule has 2 N–H and O–H groups in total. The first-order valence-electron chi connectivity index (χ1n) is 9.53. The highest BCUT2D eigenvalue weighted by molar-refractivity contribution is 6.30. The molecule has 0 unspecified atom stereocenters.